The minimum Gasteiger partial charge on any atom is -0.427 e. The molecule has 8 heteroatoms. The number of hydroxylamine groups is 2. The van der Waals surface area contributed by atoms with Gasteiger partial charge in [-0.1, -0.05) is 78.9 Å². The van der Waals surface area contributed by atoms with Gasteiger partial charge in [-0.3, -0.25) is 9.59 Å². The van der Waals surface area contributed by atoms with Gasteiger partial charge in [0, 0.05) is 23.6 Å². The number of benzene rings is 4. The molecule has 0 saturated carbocycles. The topological polar surface area (TPSA) is 94.2 Å². The van der Waals surface area contributed by atoms with Crippen molar-refractivity contribution in [3.8, 4) is 0 Å². The van der Waals surface area contributed by atoms with Crippen molar-refractivity contribution in [3.63, 3.8) is 0 Å². The first kappa shape index (κ1) is 30.9. The molecule has 44 heavy (non-hydrogen) atoms. The summed E-state index contributed by atoms with van der Waals surface area (Å²) in [5.41, 5.74) is 2.42. The molecule has 1 amide bonds. The van der Waals surface area contributed by atoms with Crippen LogP contribution in [0.25, 0.3) is 10.8 Å². The molecule has 1 saturated heterocycles. The van der Waals surface area contributed by atoms with E-state index in [1.807, 2.05) is 30.3 Å². The van der Waals surface area contributed by atoms with Crippen LogP contribution in [0.4, 0.5) is 4.79 Å². The second-order valence-electron chi connectivity index (χ2n) is 12.0. The first-order valence-electron chi connectivity index (χ1n) is 14.9. The van der Waals surface area contributed by atoms with Crippen LogP contribution >= 0.6 is 0 Å². The number of carbonyl (C=O) groups is 3. The SMILES string of the molecule is CC(C)(C)OC(=O)ON1CCC(c2ccc(C(=O)NCC(=O)c3ccccc3)cc2)C(OCc2ccc3ccccc3c2)C1. The molecule has 1 heterocycles. The largest absolute Gasteiger partial charge is 0.528 e. The van der Waals surface area contributed by atoms with E-state index in [1.165, 1.54) is 0 Å². The molecule has 2 unspecified atom stereocenters. The summed E-state index contributed by atoms with van der Waals surface area (Å²) in [6, 6.07) is 30.7. The number of piperidine rings is 1. The fourth-order valence-corrected chi connectivity index (χ4v) is 5.30. The van der Waals surface area contributed by atoms with E-state index >= 15 is 0 Å². The number of carbonyl (C=O) groups excluding carboxylic acids is 3. The summed E-state index contributed by atoms with van der Waals surface area (Å²) >= 11 is 0. The minimum atomic E-state index is -0.745. The molecular weight excluding hydrogens is 556 g/mol. The number of nitrogens with zero attached hydrogens (tertiary/aromatic N) is 1. The van der Waals surface area contributed by atoms with Crippen molar-refractivity contribution in [1.82, 2.24) is 10.4 Å². The van der Waals surface area contributed by atoms with E-state index in [9.17, 15) is 14.4 Å². The average Bonchev–Trinajstić information content (AvgIpc) is 3.02. The maximum atomic E-state index is 12.8. The van der Waals surface area contributed by atoms with Crippen molar-refractivity contribution >= 4 is 28.6 Å². The van der Waals surface area contributed by atoms with Crippen LogP contribution in [-0.4, -0.2) is 54.2 Å². The normalized spacial score (nSPS) is 17.2. The Bertz CT molecular complexity index is 1600. The lowest BCUT2D eigenvalue weighted by Gasteiger charge is -2.37. The summed E-state index contributed by atoms with van der Waals surface area (Å²) in [7, 11) is 0. The molecule has 0 aromatic heterocycles. The Hall–Kier alpha value is -4.53. The number of fused-ring (bicyclic) bond motifs is 1. The van der Waals surface area contributed by atoms with E-state index in [0.29, 0.717) is 37.2 Å². The quantitative estimate of drug-likeness (QED) is 0.170. The Balaban J connectivity index is 1.26. The van der Waals surface area contributed by atoms with Crippen LogP contribution in [0.2, 0.25) is 0 Å². The van der Waals surface area contributed by atoms with Gasteiger partial charge in [0.1, 0.15) is 5.60 Å². The number of amides is 1. The van der Waals surface area contributed by atoms with Gasteiger partial charge in [-0.25, -0.2) is 4.79 Å². The molecule has 0 aliphatic carbocycles. The maximum absolute atomic E-state index is 12.8. The van der Waals surface area contributed by atoms with Gasteiger partial charge in [-0.05, 0) is 67.3 Å². The predicted octanol–water partition coefficient (Wildman–Crippen LogP) is 6.69. The highest BCUT2D eigenvalue weighted by molar-refractivity contribution is 6.02. The van der Waals surface area contributed by atoms with Gasteiger partial charge in [-0.15, -0.1) is 5.06 Å². The zero-order chi connectivity index (χ0) is 31.1. The smallest absolute Gasteiger partial charge is 0.427 e. The number of nitrogens with one attached hydrogen (secondary N) is 1. The average molecular weight is 595 g/mol. The van der Waals surface area contributed by atoms with E-state index in [-0.39, 0.29) is 30.3 Å². The van der Waals surface area contributed by atoms with Crippen LogP contribution in [0, 0.1) is 0 Å². The molecule has 0 spiro atoms. The molecule has 0 bridgehead atoms. The second kappa shape index (κ2) is 13.8. The molecule has 8 nitrogen and oxygen atoms in total. The first-order valence-corrected chi connectivity index (χ1v) is 14.9. The van der Waals surface area contributed by atoms with Crippen molar-refractivity contribution < 1.29 is 28.7 Å². The van der Waals surface area contributed by atoms with Gasteiger partial charge in [0.15, 0.2) is 5.78 Å². The zero-order valence-electron chi connectivity index (χ0n) is 25.3. The van der Waals surface area contributed by atoms with Crippen molar-refractivity contribution in [1.29, 1.82) is 0 Å². The number of hydrogen-bond donors (Lipinski definition) is 1. The number of Topliss-reactive ketones (excluding diaryl/α,β-unsaturated/α-hetero) is 1. The van der Waals surface area contributed by atoms with E-state index < -0.39 is 11.8 Å². The van der Waals surface area contributed by atoms with Crippen LogP contribution in [-0.2, 0) is 20.9 Å². The Labute approximate surface area is 257 Å². The summed E-state index contributed by atoms with van der Waals surface area (Å²) < 4.78 is 11.8. The lowest BCUT2D eigenvalue weighted by Crippen LogP contribution is -2.45. The van der Waals surface area contributed by atoms with Crippen molar-refractivity contribution in [3.05, 3.63) is 119 Å². The van der Waals surface area contributed by atoms with Crippen molar-refractivity contribution in [2.45, 2.75) is 51.4 Å². The Morgan fingerprint density at radius 1 is 0.841 bits per heavy atom. The Morgan fingerprint density at radius 2 is 1.55 bits per heavy atom. The van der Waals surface area contributed by atoms with Crippen LogP contribution in [0.15, 0.2) is 97.1 Å². The summed E-state index contributed by atoms with van der Waals surface area (Å²) in [6.45, 7) is 6.56. The van der Waals surface area contributed by atoms with Crippen LogP contribution in [0.5, 0.6) is 0 Å². The summed E-state index contributed by atoms with van der Waals surface area (Å²) in [5.74, 6) is -0.460. The van der Waals surface area contributed by atoms with Crippen LogP contribution in [0.1, 0.15) is 65.0 Å². The maximum Gasteiger partial charge on any atom is 0.528 e. The molecule has 1 aliphatic rings. The van der Waals surface area contributed by atoms with Gasteiger partial charge in [0.25, 0.3) is 5.91 Å². The van der Waals surface area contributed by atoms with Crippen LogP contribution < -0.4 is 5.32 Å². The molecule has 2 atom stereocenters. The molecule has 0 radical (unpaired) electrons. The fourth-order valence-electron chi connectivity index (χ4n) is 5.30. The molecule has 228 valence electrons. The number of rotatable bonds is 9. The standard InChI is InChI=1S/C36H38N2O6/c1-36(2,3)43-35(41)44-38-20-19-31(33(23-38)42-24-25-13-14-26-9-7-8-12-30(26)21-25)27-15-17-29(18-16-27)34(40)37-22-32(39)28-10-5-4-6-11-28/h4-18,21,31,33H,19-20,22-24H2,1-3H3,(H,37,40). The summed E-state index contributed by atoms with van der Waals surface area (Å²) in [4.78, 5) is 43.1. The molecular formula is C36H38N2O6. The number of ketones is 1. The highest BCUT2D eigenvalue weighted by Crippen LogP contribution is 2.32. The lowest BCUT2D eigenvalue weighted by atomic mass is 9.87. The highest BCUT2D eigenvalue weighted by Gasteiger charge is 2.34. The van der Waals surface area contributed by atoms with E-state index in [4.69, 9.17) is 14.3 Å². The minimum absolute atomic E-state index is 0.00529. The highest BCUT2D eigenvalue weighted by atomic mass is 16.8. The summed E-state index contributed by atoms with van der Waals surface area (Å²) in [6.07, 6.45) is -0.367. The van der Waals surface area contributed by atoms with Gasteiger partial charge in [-0.2, -0.15) is 0 Å². The molecule has 1 fully saturated rings. The molecule has 5 rings (SSSR count). The third kappa shape index (κ3) is 8.30. The Morgan fingerprint density at radius 3 is 2.27 bits per heavy atom. The number of hydrogen-bond acceptors (Lipinski definition) is 7. The third-order valence-corrected chi connectivity index (χ3v) is 7.50. The third-order valence-electron chi connectivity index (χ3n) is 7.50. The van der Waals surface area contributed by atoms with Gasteiger partial charge < -0.3 is 19.6 Å². The van der Waals surface area contributed by atoms with E-state index in [1.54, 1.807) is 62.2 Å². The molecule has 1 N–H and O–H groups in total. The predicted molar refractivity (Wildman–Crippen MR) is 168 cm³/mol. The van der Waals surface area contributed by atoms with Gasteiger partial charge in [0.2, 0.25) is 0 Å². The van der Waals surface area contributed by atoms with Crippen molar-refractivity contribution in [2.75, 3.05) is 19.6 Å². The van der Waals surface area contributed by atoms with Gasteiger partial charge in [0.05, 0.1) is 25.8 Å². The first-order chi connectivity index (χ1) is 21.1. The zero-order valence-corrected chi connectivity index (χ0v) is 25.3. The number of ether oxygens (including phenoxy) is 2. The van der Waals surface area contributed by atoms with E-state index in [0.717, 1.165) is 21.9 Å². The van der Waals surface area contributed by atoms with Crippen LogP contribution in [0.3, 0.4) is 0 Å². The molecule has 4 aromatic rings. The van der Waals surface area contributed by atoms with E-state index in [2.05, 4.69) is 35.6 Å². The monoisotopic (exact) mass is 594 g/mol. The molecule has 4 aromatic carbocycles. The second-order valence-corrected chi connectivity index (χ2v) is 12.0. The lowest BCUT2D eigenvalue weighted by molar-refractivity contribution is -0.179. The Kier molecular flexibility index (Phi) is 9.72. The van der Waals surface area contributed by atoms with Gasteiger partial charge >= 0.3 is 6.16 Å². The van der Waals surface area contributed by atoms with Crippen molar-refractivity contribution in [2.24, 2.45) is 0 Å². The summed E-state index contributed by atoms with van der Waals surface area (Å²) in [5, 5.41) is 6.62. The fraction of sp³-hybridized carbons (Fsp3) is 0.306. The molecule has 1 aliphatic heterocycles.